The highest BCUT2D eigenvalue weighted by atomic mass is 19.1. The number of halogens is 1. The Morgan fingerprint density at radius 2 is 2.40 bits per heavy atom. The van der Waals surface area contributed by atoms with Gasteiger partial charge in [-0.1, -0.05) is 0 Å². The van der Waals surface area contributed by atoms with Gasteiger partial charge >= 0.3 is 5.97 Å². The predicted octanol–water partition coefficient (Wildman–Crippen LogP) is 0.231. The van der Waals surface area contributed by atoms with Crippen molar-refractivity contribution >= 4 is 11.8 Å². The van der Waals surface area contributed by atoms with Crippen molar-refractivity contribution in [2.45, 2.75) is 19.0 Å². The average Bonchev–Trinajstić information content (AvgIpc) is 2.15. The summed E-state index contributed by atoms with van der Waals surface area (Å²) in [5.41, 5.74) is -2.35. The van der Waals surface area contributed by atoms with E-state index in [1.807, 2.05) is 0 Å². The van der Waals surface area contributed by atoms with E-state index >= 15 is 0 Å². The first-order chi connectivity index (χ1) is 4.57. The maximum absolute atomic E-state index is 13.0. The first-order valence-electron chi connectivity index (χ1n) is 2.94. The zero-order valence-corrected chi connectivity index (χ0v) is 5.52. The first kappa shape index (κ1) is 7.18. The van der Waals surface area contributed by atoms with Gasteiger partial charge in [0, 0.05) is 6.42 Å². The van der Waals surface area contributed by atoms with Gasteiger partial charge in [-0.15, -0.1) is 0 Å². The number of Topliss-reactive ketones (excluding diaryl/α,β-unsaturated/α-hetero) is 1. The van der Waals surface area contributed by atoms with Gasteiger partial charge in [0.25, 0.3) is 5.67 Å². The summed E-state index contributed by atoms with van der Waals surface area (Å²) < 4.78 is 17.3. The molecule has 1 unspecified atom stereocenters. The molecule has 56 valence electrons. The summed E-state index contributed by atoms with van der Waals surface area (Å²) in [6, 6.07) is 0. The number of carbonyl (C=O) groups excluding carboxylic acids is 2. The Morgan fingerprint density at radius 1 is 1.80 bits per heavy atom. The molecule has 0 aromatic rings. The monoisotopic (exact) mass is 146 g/mol. The SMILES string of the molecule is CC(=O)C1(F)CCOC1=O. The fourth-order valence-electron chi connectivity index (χ4n) is 0.821. The van der Waals surface area contributed by atoms with E-state index in [1.165, 1.54) is 0 Å². The molecule has 1 heterocycles. The molecule has 0 saturated carbocycles. The summed E-state index contributed by atoms with van der Waals surface area (Å²) in [5.74, 6) is -1.81. The van der Waals surface area contributed by atoms with E-state index in [1.54, 1.807) is 0 Å². The van der Waals surface area contributed by atoms with Crippen molar-refractivity contribution in [2.75, 3.05) is 6.61 Å². The Kier molecular flexibility index (Phi) is 1.46. The molecule has 1 rings (SSSR count). The first-order valence-corrected chi connectivity index (χ1v) is 2.94. The summed E-state index contributed by atoms with van der Waals surface area (Å²) in [7, 11) is 0. The van der Waals surface area contributed by atoms with Crippen LogP contribution in [-0.4, -0.2) is 24.0 Å². The Hall–Kier alpha value is -0.930. The molecule has 0 amide bonds. The van der Waals surface area contributed by atoms with Crippen LogP contribution in [0.1, 0.15) is 13.3 Å². The van der Waals surface area contributed by atoms with Gasteiger partial charge in [-0.2, -0.15) is 0 Å². The van der Waals surface area contributed by atoms with Crippen LogP contribution in [0.2, 0.25) is 0 Å². The molecule has 0 spiro atoms. The molecule has 1 fully saturated rings. The van der Waals surface area contributed by atoms with Crippen molar-refractivity contribution in [2.24, 2.45) is 0 Å². The third kappa shape index (κ3) is 0.798. The lowest BCUT2D eigenvalue weighted by Crippen LogP contribution is -2.36. The highest BCUT2D eigenvalue weighted by molar-refractivity contribution is 6.06. The van der Waals surface area contributed by atoms with Crippen molar-refractivity contribution in [3.63, 3.8) is 0 Å². The van der Waals surface area contributed by atoms with E-state index in [-0.39, 0.29) is 13.0 Å². The molecule has 0 N–H and O–H groups in total. The molecule has 0 aliphatic carbocycles. The second-order valence-corrected chi connectivity index (χ2v) is 2.24. The van der Waals surface area contributed by atoms with Crippen LogP contribution in [0.5, 0.6) is 0 Å². The van der Waals surface area contributed by atoms with Gasteiger partial charge in [0.1, 0.15) is 0 Å². The Balaban J connectivity index is 2.86. The molecule has 1 aliphatic rings. The maximum atomic E-state index is 13.0. The molecular weight excluding hydrogens is 139 g/mol. The van der Waals surface area contributed by atoms with Crippen molar-refractivity contribution < 1.29 is 18.7 Å². The van der Waals surface area contributed by atoms with E-state index in [2.05, 4.69) is 4.74 Å². The van der Waals surface area contributed by atoms with E-state index in [0.717, 1.165) is 6.92 Å². The Morgan fingerprint density at radius 3 is 2.60 bits per heavy atom. The highest BCUT2D eigenvalue weighted by Gasteiger charge is 2.49. The zero-order valence-electron chi connectivity index (χ0n) is 5.52. The second-order valence-electron chi connectivity index (χ2n) is 2.24. The lowest BCUT2D eigenvalue weighted by atomic mass is 10.0. The molecule has 4 heteroatoms. The lowest BCUT2D eigenvalue weighted by Gasteiger charge is -2.07. The second kappa shape index (κ2) is 2.04. The minimum absolute atomic E-state index is 0.00884. The summed E-state index contributed by atoms with van der Waals surface area (Å²) in [6.07, 6.45) is -0.138. The van der Waals surface area contributed by atoms with Gasteiger partial charge in [0.15, 0.2) is 5.78 Å². The number of alkyl halides is 1. The van der Waals surface area contributed by atoms with E-state index in [0.29, 0.717) is 0 Å². The van der Waals surface area contributed by atoms with Crippen LogP contribution < -0.4 is 0 Å². The molecule has 0 aromatic heterocycles. The van der Waals surface area contributed by atoms with Crippen LogP contribution in [0, 0.1) is 0 Å². The maximum Gasteiger partial charge on any atom is 0.351 e. The minimum Gasteiger partial charge on any atom is -0.463 e. The van der Waals surface area contributed by atoms with Crippen molar-refractivity contribution in [1.82, 2.24) is 0 Å². The third-order valence-electron chi connectivity index (χ3n) is 1.56. The van der Waals surface area contributed by atoms with Crippen LogP contribution in [0.25, 0.3) is 0 Å². The lowest BCUT2D eigenvalue weighted by molar-refractivity contribution is -0.152. The number of ketones is 1. The molecular formula is C6H7FO3. The van der Waals surface area contributed by atoms with E-state index in [4.69, 9.17) is 0 Å². The van der Waals surface area contributed by atoms with Crippen molar-refractivity contribution in [3.05, 3.63) is 0 Å². The van der Waals surface area contributed by atoms with Gasteiger partial charge < -0.3 is 4.74 Å². The number of ether oxygens (including phenoxy) is 1. The van der Waals surface area contributed by atoms with Crippen LogP contribution in [0.4, 0.5) is 4.39 Å². The van der Waals surface area contributed by atoms with E-state index < -0.39 is 17.4 Å². The largest absolute Gasteiger partial charge is 0.463 e. The van der Waals surface area contributed by atoms with Gasteiger partial charge in [0.05, 0.1) is 6.61 Å². The quantitative estimate of drug-likeness (QED) is 0.393. The Bertz CT molecular complexity index is 189. The fourth-order valence-corrected chi connectivity index (χ4v) is 0.821. The van der Waals surface area contributed by atoms with Gasteiger partial charge in [-0.25, -0.2) is 9.18 Å². The number of hydrogen-bond acceptors (Lipinski definition) is 3. The van der Waals surface area contributed by atoms with Crippen molar-refractivity contribution in [1.29, 1.82) is 0 Å². The molecule has 10 heavy (non-hydrogen) atoms. The molecule has 1 aliphatic heterocycles. The number of esters is 1. The van der Waals surface area contributed by atoms with Crippen LogP contribution in [0.3, 0.4) is 0 Å². The zero-order chi connectivity index (χ0) is 7.78. The normalized spacial score (nSPS) is 32.0. The smallest absolute Gasteiger partial charge is 0.351 e. The molecule has 3 nitrogen and oxygen atoms in total. The molecule has 0 radical (unpaired) electrons. The van der Waals surface area contributed by atoms with Crippen LogP contribution in [0.15, 0.2) is 0 Å². The minimum atomic E-state index is -2.35. The molecule has 0 aromatic carbocycles. The predicted molar refractivity (Wildman–Crippen MR) is 30.1 cm³/mol. The topological polar surface area (TPSA) is 43.4 Å². The van der Waals surface area contributed by atoms with Crippen molar-refractivity contribution in [3.8, 4) is 0 Å². The van der Waals surface area contributed by atoms with Gasteiger partial charge in [-0.3, -0.25) is 4.79 Å². The van der Waals surface area contributed by atoms with Crippen LogP contribution in [-0.2, 0) is 14.3 Å². The Labute approximate surface area is 57.2 Å². The molecule has 0 bridgehead atoms. The fraction of sp³-hybridized carbons (Fsp3) is 0.667. The van der Waals surface area contributed by atoms with Crippen LogP contribution >= 0.6 is 0 Å². The average molecular weight is 146 g/mol. The summed E-state index contributed by atoms with van der Waals surface area (Å²) in [6.45, 7) is 1.06. The number of cyclic esters (lactones) is 1. The number of rotatable bonds is 1. The number of carbonyl (C=O) groups is 2. The summed E-state index contributed by atoms with van der Waals surface area (Å²) in [5, 5.41) is 0. The summed E-state index contributed by atoms with van der Waals surface area (Å²) >= 11 is 0. The van der Waals surface area contributed by atoms with Gasteiger partial charge in [-0.05, 0) is 6.92 Å². The standard InChI is InChI=1S/C6H7FO3/c1-4(8)6(7)2-3-10-5(6)9/h2-3H2,1H3. The number of hydrogen-bond donors (Lipinski definition) is 0. The highest BCUT2D eigenvalue weighted by Crippen LogP contribution is 2.25. The van der Waals surface area contributed by atoms with Gasteiger partial charge in [0.2, 0.25) is 0 Å². The summed E-state index contributed by atoms with van der Waals surface area (Å²) in [4.78, 5) is 21.0. The third-order valence-corrected chi connectivity index (χ3v) is 1.56. The molecule has 1 saturated heterocycles. The molecule has 1 atom stereocenters. The van der Waals surface area contributed by atoms with E-state index in [9.17, 15) is 14.0 Å².